The minimum absolute atomic E-state index is 0.552. The lowest BCUT2D eigenvalue weighted by atomic mass is 10.0. The molecular formula is C16H20BrN3. The molecule has 0 amide bonds. The summed E-state index contributed by atoms with van der Waals surface area (Å²) in [5, 5.41) is 4.63. The Morgan fingerprint density at radius 2 is 2.05 bits per heavy atom. The Balaban J connectivity index is 1.80. The molecule has 3 rings (SSSR count). The van der Waals surface area contributed by atoms with Gasteiger partial charge in [0.1, 0.15) is 4.60 Å². The number of piperazine rings is 1. The quantitative estimate of drug-likeness (QED) is 0.875. The standard InChI is InChI=1S/C16H20BrN3/c1-12(20-8-6-18-7-9-20)10-14-11-13-4-2-3-5-15(13)19-16(14)17/h2-5,11-12,18H,6-10H2,1H3. The number of hydrogen-bond acceptors (Lipinski definition) is 3. The SMILES string of the molecule is CC(Cc1cc2ccccc2nc1Br)N1CCNCC1. The Bertz CT molecular complexity index is 593. The highest BCUT2D eigenvalue weighted by atomic mass is 79.9. The first-order chi connectivity index (χ1) is 9.74. The van der Waals surface area contributed by atoms with E-state index in [1.807, 2.05) is 6.07 Å². The van der Waals surface area contributed by atoms with Crippen LogP contribution in [0.5, 0.6) is 0 Å². The van der Waals surface area contributed by atoms with Gasteiger partial charge in [0, 0.05) is 37.6 Å². The number of nitrogens with one attached hydrogen (secondary N) is 1. The highest BCUT2D eigenvalue weighted by Gasteiger charge is 2.18. The minimum Gasteiger partial charge on any atom is -0.314 e. The fourth-order valence-electron chi connectivity index (χ4n) is 2.85. The number of para-hydroxylation sites is 1. The van der Waals surface area contributed by atoms with Crippen LogP contribution in [0.15, 0.2) is 34.9 Å². The van der Waals surface area contributed by atoms with Crippen LogP contribution in [0.1, 0.15) is 12.5 Å². The van der Waals surface area contributed by atoms with Gasteiger partial charge in [-0.2, -0.15) is 0 Å². The molecule has 1 N–H and O–H groups in total. The van der Waals surface area contributed by atoms with Crippen molar-refractivity contribution in [2.75, 3.05) is 26.2 Å². The molecule has 1 unspecified atom stereocenters. The molecule has 0 radical (unpaired) electrons. The fraction of sp³-hybridized carbons (Fsp3) is 0.438. The lowest BCUT2D eigenvalue weighted by molar-refractivity contribution is 0.183. The highest BCUT2D eigenvalue weighted by Crippen LogP contribution is 2.23. The molecule has 1 aromatic carbocycles. The molecule has 0 saturated carbocycles. The van der Waals surface area contributed by atoms with E-state index in [1.54, 1.807) is 0 Å². The average Bonchev–Trinajstić information content (AvgIpc) is 2.49. The summed E-state index contributed by atoms with van der Waals surface area (Å²) < 4.78 is 0.984. The molecule has 2 heterocycles. The maximum Gasteiger partial charge on any atom is 0.110 e. The summed E-state index contributed by atoms with van der Waals surface area (Å²) in [6, 6.07) is 11.1. The van der Waals surface area contributed by atoms with Crippen LogP contribution in [0.25, 0.3) is 10.9 Å². The predicted molar refractivity (Wildman–Crippen MR) is 87.1 cm³/mol. The van der Waals surface area contributed by atoms with Crippen molar-refractivity contribution < 1.29 is 0 Å². The van der Waals surface area contributed by atoms with Crippen molar-refractivity contribution in [3.63, 3.8) is 0 Å². The van der Waals surface area contributed by atoms with E-state index in [0.717, 1.165) is 42.7 Å². The second-order valence-corrected chi connectivity index (χ2v) is 6.22. The van der Waals surface area contributed by atoms with Crippen LogP contribution in [0.2, 0.25) is 0 Å². The maximum absolute atomic E-state index is 4.66. The van der Waals surface area contributed by atoms with Crippen LogP contribution in [0, 0.1) is 0 Å². The van der Waals surface area contributed by atoms with Gasteiger partial charge in [-0.1, -0.05) is 18.2 Å². The largest absolute Gasteiger partial charge is 0.314 e. The van der Waals surface area contributed by atoms with Crippen molar-refractivity contribution in [1.29, 1.82) is 0 Å². The number of aromatic nitrogens is 1. The summed E-state index contributed by atoms with van der Waals surface area (Å²) in [5.74, 6) is 0. The summed E-state index contributed by atoms with van der Waals surface area (Å²) >= 11 is 3.63. The molecule has 0 spiro atoms. The second-order valence-electron chi connectivity index (χ2n) is 5.47. The second kappa shape index (κ2) is 6.20. The summed E-state index contributed by atoms with van der Waals surface area (Å²) in [7, 11) is 0. The molecule has 1 aliphatic rings. The Labute approximate surface area is 128 Å². The third-order valence-corrected chi connectivity index (χ3v) is 4.73. The van der Waals surface area contributed by atoms with Crippen molar-refractivity contribution in [1.82, 2.24) is 15.2 Å². The van der Waals surface area contributed by atoms with Gasteiger partial charge in [-0.05, 0) is 47.0 Å². The van der Waals surface area contributed by atoms with Crippen LogP contribution in [-0.2, 0) is 6.42 Å². The van der Waals surface area contributed by atoms with Crippen molar-refractivity contribution in [3.8, 4) is 0 Å². The smallest absolute Gasteiger partial charge is 0.110 e. The van der Waals surface area contributed by atoms with E-state index in [4.69, 9.17) is 0 Å². The molecule has 4 heteroatoms. The zero-order chi connectivity index (χ0) is 13.9. The molecule has 1 aliphatic heterocycles. The van der Waals surface area contributed by atoms with E-state index in [0.29, 0.717) is 6.04 Å². The number of benzene rings is 1. The third kappa shape index (κ3) is 3.03. The molecule has 3 nitrogen and oxygen atoms in total. The Kier molecular flexibility index (Phi) is 4.34. The summed E-state index contributed by atoms with van der Waals surface area (Å²) in [5.41, 5.74) is 2.35. The molecule has 1 saturated heterocycles. The van der Waals surface area contributed by atoms with Gasteiger partial charge < -0.3 is 5.32 Å². The van der Waals surface area contributed by atoms with Crippen molar-refractivity contribution in [2.45, 2.75) is 19.4 Å². The lowest BCUT2D eigenvalue weighted by Gasteiger charge is -2.33. The van der Waals surface area contributed by atoms with Crippen LogP contribution in [0.3, 0.4) is 0 Å². The fourth-order valence-corrected chi connectivity index (χ4v) is 3.32. The van der Waals surface area contributed by atoms with E-state index in [1.165, 1.54) is 10.9 Å². The first-order valence-corrected chi connectivity index (χ1v) is 8.02. The number of halogens is 1. The number of nitrogens with zero attached hydrogens (tertiary/aromatic N) is 2. The lowest BCUT2D eigenvalue weighted by Crippen LogP contribution is -2.48. The van der Waals surface area contributed by atoms with Gasteiger partial charge in [0.25, 0.3) is 0 Å². The molecule has 1 fully saturated rings. The molecule has 106 valence electrons. The van der Waals surface area contributed by atoms with Gasteiger partial charge in [-0.25, -0.2) is 4.98 Å². The Morgan fingerprint density at radius 3 is 2.85 bits per heavy atom. The molecule has 2 aromatic rings. The van der Waals surface area contributed by atoms with Gasteiger partial charge in [0.2, 0.25) is 0 Å². The summed E-state index contributed by atoms with van der Waals surface area (Å²) in [6.45, 7) is 6.79. The van der Waals surface area contributed by atoms with Crippen LogP contribution >= 0.6 is 15.9 Å². The molecule has 1 atom stereocenters. The third-order valence-electron chi connectivity index (χ3n) is 4.04. The van der Waals surface area contributed by atoms with Gasteiger partial charge >= 0.3 is 0 Å². The first kappa shape index (κ1) is 14.0. The van der Waals surface area contributed by atoms with E-state index < -0.39 is 0 Å². The first-order valence-electron chi connectivity index (χ1n) is 7.23. The number of fused-ring (bicyclic) bond motifs is 1. The highest BCUT2D eigenvalue weighted by molar-refractivity contribution is 9.10. The topological polar surface area (TPSA) is 28.2 Å². The zero-order valence-electron chi connectivity index (χ0n) is 11.8. The van der Waals surface area contributed by atoms with E-state index in [2.05, 4.69) is 62.3 Å². The molecule has 1 aromatic heterocycles. The zero-order valence-corrected chi connectivity index (χ0v) is 13.4. The Hall–Kier alpha value is -0.970. The van der Waals surface area contributed by atoms with Gasteiger partial charge in [-0.15, -0.1) is 0 Å². The summed E-state index contributed by atoms with van der Waals surface area (Å²) in [4.78, 5) is 7.21. The van der Waals surface area contributed by atoms with Crippen LogP contribution in [0.4, 0.5) is 0 Å². The molecular weight excluding hydrogens is 314 g/mol. The number of rotatable bonds is 3. The average molecular weight is 334 g/mol. The monoisotopic (exact) mass is 333 g/mol. The molecule has 20 heavy (non-hydrogen) atoms. The van der Waals surface area contributed by atoms with Crippen molar-refractivity contribution in [2.24, 2.45) is 0 Å². The predicted octanol–water partition coefficient (Wildman–Crippen LogP) is 2.83. The maximum atomic E-state index is 4.66. The normalized spacial score (nSPS) is 18.3. The van der Waals surface area contributed by atoms with Crippen molar-refractivity contribution >= 4 is 26.8 Å². The number of hydrogen-bond donors (Lipinski definition) is 1. The van der Waals surface area contributed by atoms with Crippen LogP contribution in [-0.4, -0.2) is 42.1 Å². The molecule has 0 bridgehead atoms. The minimum atomic E-state index is 0.552. The van der Waals surface area contributed by atoms with E-state index >= 15 is 0 Å². The van der Waals surface area contributed by atoms with Gasteiger partial charge in [0.15, 0.2) is 0 Å². The van der Waals surface area contributed by atoms with E-state index in [-0.39, 0.29) is 0 Å². The Morgan fingerprint density at radius 1 is 1.30 bits per heavy atom. The van der Waals surface area contributed by atoms with Gasteiger partial charge in [-0.3, -0.25) is 4.90 Å². The van der Waals surface area contributed by atoms with Crippen molar-refractivity contribution in [3.05, 3.63) is 40.5 Å². The van der Waals surface area contributed by atoms with Gasteiger partial charge in [0.05, 0.1) is 5.52 Å². The van der Waals surface area contributed by atoms with Crippen LogP contribution < -0.4 is 5.32 Å². The molecule has 0 aliphatic carbocycles. The number of pyridine rings is 1. The van der Waals surface area contributed by atoms with E-state index in [9.17, 15) is 0 Å². The summed E-state index contributed by atoms with van der Waals surface area (Å²) in [6.07, 6.45) is 1.04.